The summed E-state index contributed by atoms with van der Waals surface area (Å²) in [5.41, 5.74) is -0.707. The third kappa shape index (κ3) is 4.44. The minimum absolute atomic E-state index is 0.00934. The number of pyridine rings is 2. The van der Waals surface area contributed by atoms with Crippen molar-refractivity contribution in [3.8, 4) is 5.88 Å². The number of carbonyl (C=O) groups is 2. The van der Waals surface area contributed by atoms with Crippen LogP contribution in [0, 0.1) is 0 Å². The number of alkyl halides is 3. The first-order chi connectivity index (χ1) is 16.2. The van der Waals surface area contributed by atoms with Gasteiger partial charge in [-0.2, -0.15) is 13.2 Å². The molecule has 1 saturated heterocycles. The van der Waals surface area contributed by atoms with Crippen molar-refractivity contribution in [2.75, 3.05) is 13.7 Å². The van der Waals surface area contributed by atoms with Crippen LogP contribution in [-0.2, 0) is 17.5 Å². The van der Waals surface area contributed by atoms with Gasteiger partial charge in [-0.3, -0.25) is 4.98 Å². The van der Waals surface area contributed by atoms with E-state index in [2.05, 4.69) is 15.3 Å². The molecule has 178 valence electrons. The van der Waals surface area contributed by atoms with Crippen molar-refractivity contribution in [3.63, 3.8) is 0 Å². The first-order valence-electron chi connectivity index (χ1n) is 10.1. The molecule has 2 aromatic heterocycles. The van der Waals surface area contributed by atoms with Gasteiger partial charge < -0.3 is 19.9 Å². The summed E-state index contributed by atoms with van der Waals surface area (Å²) in [5, 5.41) is 14.1. The summed E-state index contributed by atoms with van der Waals surface area (Å²) >= 11 is 0. The van der Waals surface area contributed by atoms with Crippen molar-refractivity contribution in [1.82, 2.24) is 20.2 Å². The van der Waals surface area contributed by atoms with E-state index in [1.54, 1.807) is 12.4 Å². The number of nitrogens with zero attached hydrogens (tertiary/aromatic N) is 3. The summed E-state index contributed by atoms with van der Waals surface area (Å²) < 4.78 is 49.8. The van der Waals surface area contributed by atoms with Crippen LogP contribution in [0.25, 0.3) is 10.8 Å². The molecule has 12 heteroatoms. The Hall–Kier alpha value is -3.93. The molecule has 0 aliphatic carbocycles. The zero-order valence-electron chi connectivity index (χ0n) is 17.7. The Morgan fingerprint density at radius 1 is 1.26 bits per heavy atom. The maximum Gasteiger partial charge on any atom is 0.419 e. The highest BCUT2D eigenvalue weighted by Gasteiger charge is 2.47. The zero-order chi connectivity index (χ0) is 24.5. The van der Waals surface area contributed by atoms with E-state index >= 15 is 0 Å². The third-order valence-corrected chi connectivity index (χ3v) is 5.34. The van der Waals surface area contributed by atoms with Crippen molar-refractivity contribution in [1.29, 1.82) is 0 Å². The molecule has 2 atom stereocenters. The molecular weight excluding hydrogens is 457 g/mol. The average molecular weight is 476 g/mol. The molecule has 1 aromatic carbocycles. The van der Waals surface area contributed by atoms with E-state index in [0.717, 1.165) is 17.9 Å². The number of ether oxygens (including phenoxy) is 2. The monoisotopic (exact) mass is 476 g/mol. The first-order valence-corrected chi connectivity index (χ1v) is 10.1. The van der Waals surface area contributed by atoms with E-state index in [1.807, 2.05) is 24.3 Å². The summed E-state index contributed by atoms with van der Waals surface area (Å²) in [7, 11) is 1.14. The van der Waals surface area contributed by atoms with Crippen LogP contribution >= 0.6 is 0 Å². The second-order valence-electron chi connectivity index (χ2n) is 7.42. The standard InChI is InChI=1S/C22H19F3N4O5/c1-33-18-7-14(22(23,24)25)6-16(28-18)19-17(11-30)29(21(32)34-19)20(31)27-10-13-9-26-8-12-4-2-3-5-15(12)13/h2-9,17,19,30H,10-11H2,1H3,(H,27,31)/t17-,19+/m0/s1. The normalized spacial score (nSPS) is 18.1. The van der Waals surface area contributed by atoms with E-state index < -0.39 is 42.6 Å². The van der Waals surface area contributed by atoms with Gasteiger partial charge in [-0.05, 0) is 17.0 Å². The quantitative estimate of drug-likeness (QED) is 0.580. The van der Waals surface area contributed by atoms with Crippen LogP contribution in [0.2, 0.25) is 0 Å². The van der Waals surface area contributed by atoms with E-state index in [-0.39, 0.29) is 18.1 Å². The fourth-order valence-corrected chi connectivity index (χ4v) is 3.70. The highest BCUT2D eigenvalue weighted by molar-refractivity contribution is 5.93. The molecule has 4 rings (SSSR count). The molecular formula is C22H19F3N4O5. The maximum absolute atomic E-state index is 13.3. The van der Waals surface area contributed by atoms with Crippen molar-refractivity contribution in [2.45, 2.75) is 24.9 Å². The molecule has 0 unspecified atom stereocenters. The lowest BCUT2D eigenvalue weighted by Crippen LogP contribution is -2.47. The number of carbonyl (C=O) groups excluding carboxylic acids is 2. The lowest BCUT2D eigenvalue weighted by Gasteiger charge is -2.22. The number of aliphatic hydroxyl groups excluding tert-OH is 1. The van der Waals surface area contributed by atoms with E-state index in [9.17, 15) is 27.9 Å². The zero-order valence-corrected chi connectivity index (χ0v) is 17.7. The van der Waals surface area contributed by atoms with Crippen molar-refractivity contribution < 1.29 is 37.3 Å². The molecule has 1 fully saturated rings. The topological polar surface area (TPSA) is 114 Å². The molecule has 34 heavy (non-hydrogen) atoms. The van der Waals surface area contributed by atoms with Crippen molar-refractivity contribution >= 4 is 22.9 Å². The number of imide groups is 1. The molecule has 1 aliphatic heterocycles. The van der Waals surface area contributed by atoms with Crippen LogP contribution in [0.1, 0.15) is 22.9 Å². The lowest BCUT2D eigenvalue weighted by molar-refractivity contribution is -0.137. The molecule has 0 bridgehead atoms. The van der Waals surface area contributed by atoms with Crippen LogP contribution < -0.4 is 10.1 Å². The predicted molar refractivity (Wildman–Crippen MR) is 112 cm³/mol. The van der Waals surface area contributed by atoms with E-state index in [4.69, 9.17) is 9.47 Å². The van der Waals surface area contributed by atoms with Gasteiger partial charge in [-0.15, -0.1) is 0 Å². The maximum atomic E-state index is 13.3. The Balaban J connectivity index is 1.57. The lowest BCUT2D eigenvalue weighted by atomic mass is 10.1. The van der Waals surface area contributed by atoms with Gasteiger partial charge in [0.25, 0.3) is 0 Å². The second kappa shape index (κ2) is 9.14. The Kier molecular flexibility index (Phi) is 6.24. The third-order valence-electron chi connectivity index (χ3n) is 5.34. The number of amides is 3. The highest BCUT2D eigenvalue weighted by atomic mass is 19.4. The molecule has 3 aromatic rings. The molecule has 0 radical (unpaired) electrons. The summed E-state index contributed by atoms with van der Waals surface area (Å²) in [4.78, 5) is 34.0. The number of benzene rings is 1. The fourth-order valence-electron chi connectivity index (χ4n) is 3.70. The summed E-state index contributed by atoms with van der Waals surface area (Å²) in [5.74, 6) is -0.357. The van der Waals surface area contributed by atoms with Gasteiger partial charge in [-0.1, -0.05) is 24.3 Å². The Morgan fingerprint density at radius 2 is 2.03 bits per heavy atom. The Bertz CT molecular complexity index is 1230. The number of hydrogen-bond donors (Lipinski definition) is 2. The van der Waals surface area contributed by atoms with Crippen LogP contribution in [0.5, 0.6) is 5.88 Å². The van der Waals surface area contributed by atoms with Gasteiger partial charge >= 0.3 is 18.3 Å². The number of rotatable bonds is 5. The summed E-state index contributed by atoms with van der Waals surface area (Å²) in [6.45, 7) is -0.755. The predicted octanol–water partition coefficient (Wildman–Crippen LogP) is 3.42. The van der Waals surface area contributed by atoms with Crippen LogP contribution in [0.4, 0.5) is 22.8 Å². The average Bonchev–Trinajstić information content (AvgIpc) is 3.17. The molecule has 2 N–H and O–H groups in total. The second-order valence-corrected chi connectivity index (χ2v) is 7.42. The van der Waals surface area contributed by atoms with Gasteiger partial charge in [0.05, 0.1) is 25.0 Å². The van der Waals surface area contributed by atoms with Gasteiger partial charge in [0.2, 0.25) is 5.88 Å². The van der Waals surface area contributed by atoms with Crippen LogP contribution in [0.3, 0.4) is 0 Å². The van der Waals surface area contributed by atoms with Gasteiger partial charge in [0.1, 0.15) is 6.04 Å². The first kappa shape index (κ1) is 23.2. The minimum atomic E-state index is -4.72. The number of halogens is 3. The number of fused-ring (bicyclic) bond motifs is 1. The molecule has 0 spiro atoms. The summed E-state index contributed by atoms with van der Waals surface area (Å²) in [6, 6.07) is 6.56. The van der Waals surface area contributed by atoms with E-state index in [1.165, 1.54) is 0 Å². The molecule has 3 amide bonds. The number of hydrogen-bond acceptors (Lipinski definition) is 7. The van der Waals surface area contributed by atoms with Crippen LogP contribution in [-0.4, -0.2) is 51.9 Å². The fraction of sp³-hybridized carbons (Fsp3) is 0.273. The number of aliphatic hydroxyl groups is 1. The SMILES string of the molecule is COc1cc(C(F)(F)F)cc([C@H]2OC(=O)N(C(=O)NCc3cncc4ccccc34)[C@H]2CO)n1. The minimum Gasteiger partial charge on any atom is -0.481 e. The number of nitrogens with one attached hydrogen (secondary N) is 1. The Morgan fingerprint density at radius 3 is 2.74 bits per heavy atom. The van der Waals surface area contributed by atoms with Gasteiger partial charge in [0.15, 0.2) is 6.10 Å². The number of urea groups is 1. The largest absolute Gasteiger partial charge is 0.481 e. The molecule has 1 aliphatic rings. The molecule has 9 nitrogen and oxygen atoms in total. The van der Waals surface area contributed by atoms with Crippen molar-refractivity contribution in [3.05, 3.63) is 65.6 Å². The Labute approximate surface area is 191 Å². The van der Waals surface area contributed by atoms with E-state index in [0.29, 0.717) is 22.6 Å². The highest BCUT2D eigenvalue weighted by Crippen LogP contribution is 2.37. The molecule has 3 heterocycles. The number of aromatic nitrogens is 2. The molecule has 0 saturated carbocycles. The van der Waals surface area contributed by atoms with Gasteiger partial charge in [0, 0.05) is 30.4 Å². The number of cyclic esters (lactones) is 1. The number of methoxy groups -OCH3 is 1. The van der Waals surface area contributed by atoms with Crippen LogP contribution in [0.15, 0.2) is 48.8 Å². The van der Waals surface area contributed by atoms with Crippen molar-refractivity contribution in [2.24, 2.45) is 0 Å². The summed E-state index contributed by atoms with van der Waals surface area (Å²) in [6.07, 6.45) is -4.04. The van der Waals surface area contributed by atoms with Gasteiger partial charge in [-0.25, -0.2) is 19.5 Å². The smallest absolute Gasteiger partial charge is 0.419 e.